The van der Waals surface area contributed by atoms with E-state index in [0.29, 0.717) is 36.6 Å². The zero-order valence-corrected chi connectivity index (χ0v) is 13.2. The molecule has 0 aliphatic carbocycles. The molecule has 0 bridgehead atoms. The number of amides is 1. The Balaban J connectivity index is 1.81. The van der Waals surface area contributed by atoms with Crippen LogP contribution in [0.5, 0.6) is 0 Å². The van der Waals surface area contributed by atoms with Crippen LogP contribution in [-0.4, -0.2) is 29.0 Å². The molecule has 2 aromatic rings. The maximum Gasteiger partial charge on any atom is 0.271 e. The van der Waals surface area contributed by atoms with E-state index in [0.717, 1.165) is 12.8 Å². The van der Waals surface area contributed by atoms with E-state index >= 15 is 0 Å². The Morgan fingerprint density at radius 3 is 2.70 bits per heavy atom. The third-order valence-corrected chi connectivity index (χ3v) is 3.36. The molecule has 1 aromatic heterocycles. The summed E-state index contributed by atoms with van der Waals surface area (Å²) < 4.78 is 13.5. The smallest absolute Gasteiger partial charge is 0.271 e. The molecule has 0 fully saturated rings. The number of aromatic nitrogens is 2. The average Bonchev–Trinajstić information content (AvgIpc) is 2.57. The minimum absolute atomic E-state index is 0.209. The first-order valence-corrected chi connectivity index (χ1v) is 7.78. The third-order valence-electron chi connectivity index (χ3n) is 3.36. The number of nitrogens with one attached hydrogen (secondary N) is 2. The van der Waals surface area contributed by atoms with Gasteiger partial charge in [0.1, 0.15) is 17.3 Å². The van der Waals surface area contributed by atoms with Crippen LogP contribution in [0.15, 0.2) is 36.7 Å². The van der Waals surface area contributed by atoms with Gasteiger partial charge in [-0.2, -0.15) is 0 Å². The van der Waals surface area contributed by atoms with Gasteiger partial charge in [-0.05, 0) is 24.5 Å². The van der Waals surface area contributed by atoms with Crippen LogP contribution in [0.3, 0.4) is 0 Å². The lowest BCUT2D eigenvalue weighted by molar-refractivity contribution is 0.0948. The van der Waals surface area contributed by atoms with Gasteiger partial charge in [-0.3, -0.25) is 4.79 Å². The van der Waals surface area contributed by atoms with Crippen molar-refractivity contribution in [3.8, 4) is 0 Å². The van der Waals surface area contributed by atoms with Gasteiger partial charge in [0.2, 0.25) is 0 Å². The van der Waals surface area contributed by atoms with Gasteiger partial charge in [0.15, 0.2) is 0 Å². The lowest BCUT2D eigenvalue weighted by atomic mass is 10.1. The summed E-state index contributed by atoms with van der Waals surface area (Å²) in [6.07, 6.45) is 5.46. The van der Waals surface area contributed by atoms with Crippen molar-refractivity contribution in [3.63, 3.8) is 0 Å². The summed E-state index contributed by atoms with van der Waals surface area (Å²) >= 11 is 0. The van der Waals surface area contributed by atoms with E-state index in [2.05, 4.69) is 27.5 Å². The van der Waals surface area contributed by atoms with Crippen molar-refractivity contribution in [2.75, 3.05) is 18.4 Å². The molecule has 0 radical (unpaired) electrons. The van der Waals surface area contributed by atoms with Crippen molar-refractivity contribution in [2.45, 2.75) is 26.2 Å². The summed E-state index contributed by atoms with van der Waals surface area (Å²) in [4.78, 5) is 20.0. The van der Waals surface area contributed by atoms with Crippen LogP contribution in [-0.2, 0) is 6.42 Å². The van der Waals surface area contributed by atoms with Crippen molar-refractivity contribution in [1.29, 1.82) is 0 Å². The predicted molar refractivity (Wildman–Crippen MR) is 87.9 cm³/mol. The summed E-state index contributed by atoms with van der Waals surface area (Å²) in [6.45, 7) is 3.24. The molecule has 0 saturated carbocycles. The Morgan fingerprint density at radius 1 is 1.17 bits per heavy atom. The first kappa shape index (κ1) is 16.9. The fourth-order valence-corrected chi connectivity index (χ4v) is 2.03. The van der Waals surface area contributed by atoms with Gasteiger partial charge in [-0.25, -0.2) is 14.4 Å². The molecule has 2 rings (SSSR count). The number of carbonyl (C=O) groups is 1. The van der Waals surface area contributed by atoms with Gasteiger partial charge in [0, 0.05) is 13.1 Å². The Hall–Kier alpha value is -2.50. The maximum absolute atomic E-state index is 13.5. The van der Waals surface area contributed by atoms with Gasteiger partial charge in [0.25, 0.3) is 5.91 Å². The molecule has 5 nitrogen and oxygen atoms in total. The summed E-state index contributed by atoms with van der Waals surface area (Å²) in [5, 5.41) is 5.85. The largest absolute Gasteiger partial charge is 0.368 e. The van der Waals surface area contributed by atoms with Crippen molar-refractivity contribution in [3.05, 3.63) is 53.7 Å². The summed E-state index contributed by atoms with van der Waals surface area (Å²) in [5.41, 5.74) is 0.945. The molecule has 0 spiro atoms. The number of halogens is 1. The maximum atomic E-state index is 13.5. The second-order valence-electron chi connectivity index (χ2n) is 5.16. The number of benzene rings is 1. The van der Waals surface area contributed by atoms with E-state index in [1.54, 1.807) is 12.1 Å². The molecule has 0 atom stereocenters. The monoisotopic (exact) mass is 316 g/mol. The Kier molecular flexibility index (Phi) is 6.47. The first-order chi connectivity index (χ1) is 11.2. The number of anilines is 1. The topological polar surface area (TPSA) is 66.9 Å². The summed E-state index contributed by atoms with van der Waals surface area (Å²) in [5.74, 6) is 0.134. The van der Waals surface area contributed by atoms with Crippen LogP contribution in [0.1, 0.15) is 35.8 Å². The van der Waals surface area contributed by atoms with E-state index in [4.69, 9.17) is 0 Å². The SMILES string of the molecule is CCCCNC(=O)c1cnc(NCCc2ccccc2F)cn1. The van der Waals surface area contributed by atoms with E-state index in [1.807, 2.05) is 6.07 Å². The van der Waals surface area contributed by atoms with Crippen LogP contribution in [0, 0.1) is 5.82 Å². The van der Waals surface area contributed by atoms with Crippen LogP contribution >= 0.6 is 0 Å². The van der Waals surface area contributed by atoms with Gasteiger partial charge < -0.3 is 10.6 Å². The Bertz CT molecular complexity index is 631. The average molecular weight is 316 g/mol. The fraction of sp³-hybridized carbons (Fsp3) is 0.353. The zero-order chi connectivity index (χ0) is 16.5. The lowest BCUT2D eigenvalue weighted by Crippen LogP contribution is -2.25. The third kappa shape index (κ3) is 5.32. The molecule has 0 saturated heterocycles. The van der Waals surface area contributed by atoms with Gasteiger partial charge in [-0.15, -0.1) is 0 Å². The van der Waals surface area contributed by atoms with Gasteiger partial charge in [-0.1, -0.05) is 31.5 Å². The van der Waals surface area contributed by atoms with Crippen molar-refractivity contribution in [2.24, 2.45) is 0 Å². The zero-order valence-electron chi connectivity index (χ0n) is 13.2. The first-order valence-electron chi connectivity index (χ1n) is 7.78. The van der Waals surface area contributed by atoms with Crippen LogP contribution in [0.2, 0.25) is 0 Å². The normalized spacial score (nSPS) is 10.3. The lowest BCUT2D eigenvalue weighted by Gasteiger charge is -2.07. The number of hydrogen-bond donors (Lipinski definition) is 2. The quantitative estimate of drug-likeness (QED) is 0.735. The predicted octanol–water partition coefficient (Wildman–Crippen LogP) is 2.80. The van der Waals surface area contributed by atoms with Crippen LogP contribution < -0.4 is 10.6 Å². The van der Waals surface area contributed by atoms with Crippen molar-refractivity contribution in [1.82, 2.24) is 15.3 Å². The van der Waals surface area contributed by atoms with E-state index < -0.39 is 0 Å². The second kappa shape index (κ2) is 8.82. The molecule has 0 aliphatic rings. The molecule has 0 unspecified atom stereocenters. The highest BCUT2D eigenvalue weighted by molar-refractivity contribution is 5.91. The number of hydrogen-bond acceptors (Lipinski definition) is 4. The van der Waals surface area contributed by atoms with Crippen LogP contribution in [0.25, 0.3) is 0 Å². The van der Waals surface area contributed by atoms with Gasteiger partial charge in [0.05, 0.1) is 12.4 Å². The van der Waals surface area contributed by atoms with E-state index in [1.165, 1.54) is 18.5 Å². The number of carbonyl (C=O) groups excluding carboxylic acids is 1. The molecule has 122 valence electrons. The number of rotatable bonds is 8. The molecule has 0 aliphatic heterocycles. The van der Waals surface area contributed by atoms with Crippen molar-refractivity contribution >= 4 is 11.7 Å². The highest BCUT2D eigenvalue weighted by atomic mass is 19.1. The second-order valence-corrected chi connectivity index (χ2v) is 5.16. The fourth-order valence-electron chi connectivity index (χ4n) is 2.03. The molecule has 6 heteroatoms. The van der Waals surface area contributed by atoms with Crippen LogP contribution in [0.4, 0.5) is 10.2 Å². The molecule has 1 aromatic carbocycles. The molecule has 23 heavy (non-hydrogen) atoms. The minimum atomic E-state index is -0.219. The van der Waals surface area contributed by atoms with Crippen molar-refractivity contribution < 1.29 is 9.18 Å². The molecule has 1 heterocycles. The molecular formula is C17H21FN4O. The minimum Gasteiger partial charge on any atom is -0.368 e. The molecule has 1 amide bonds. The summed E-state index contributed by atoms with van der Waals surface area (Å²) in [6, 6.07) is 6.68. The van der Waals surface area contributed by atoms with Gasteiger partial charge >= 0.3 is 0 Å². The summed E-state index contributed by atoms with van der Waals surface area (Å²) in [7, 11) is 0. The Labute approximate surface area is 135 Å². The molecular weight excluding hydrogens is 295 g/mol. The standard InChI is InChI=1S/C17H21FN4O/c1-2-3-9-20-17(23)15-11-22-16(12-21-15)19-10-8-13-6-4-5-7-14(13)18/h4-7,11-12H,2-3,8-10H2,1H3,(H,19,22)(H,20,23). The van der Waals surface area contributed by atoms with E-state index in [9.17, 15) is 9.18 Å². The van der Waals surface area contributed by atoms with E-state index in [-0.39, 0.29) is 11.7 Å². The number of nitrogens with zero attached hydrogens (tertiary/aromatic N) is 2. The highest BCUT2D eigenvalue weighted by Crippen LogP contribution is 2.08. The Morgan fingerprint density at radius 2 is 2.00 bits per heavy atom. The highest BCUT2D eigenvalue weighted by Gasteiger charge is 2.07. The molecule has 2 N–H and O–H groups in total. The number of unbranched alkanes of at least 4 members (excludes halogenated alkanes) is 1.